The summed E-state index contributed by atoms with van der Waals surface area (Å²) in [4.78, 5) is 0. The molecule has 1 aromatic heterocycles. The van der Waals surface area contributed by atoms with E-state index >= 15 is 0 Å². The number of benzene rings is 1. The van der Waals surface area contributed by atoms with Crippen molar-refractivity contribution in [1.82, 2.24) is 0 Å². The molecule has 0 saturated heterocycles. The highest BCUT2D eigenvalue weighted by Gasteiger charge is 2.12. The van der Waals surface area contributed by atoms with E-state index in [4.69, 9.17) is 14.9 Å². The summed E-state index contributed by atoms with van der Waals surface area (Å²) in [7, 11) is 1.63. The summed E-state index contributed by atoms with van der Waals surface area (Å²) >= 11 is 0. The van der Waals surface area contributed by atoms with Crippen LogP contribution >= 0.6 is 0 Å². The van der Waals surface area contributed by atoms with Crippen molar-refractivity contribution in [1.29, 1.82) is 0 Å². The number of aryl methyl sites for hydroxylation is 1. The fourth-order valence-electron chi connectivity index (χ4n) is 1.59. The van der Waals surface area contributed by atoms with E-state index in [1.54, 1.807) is 7.11 Å². The molecule has 0 bridgehead atoms. The molecule has 3 heteroatoms. The third kappa shape index (κ3) is 1.26. The summed E-state index contributed by atoms with van der Waals surface area (Å²) in [5, 5.41) is 0.985. The molecule has 2 rings (SSSR count). The minimum absolute atomic E-state index is 0.358. The van der Waals surface area contributed by atoms with E-state index in [-0.39, 0.29) is 0 Å². The Morgan fingerprint density at radius 3 is 2.86 bits per heavy atom. The second-order valence-electron chi connectivity index (χ2n) is 3.26. The van der Waals surface area contributed by atoms with Crippen LogP contribution in [-0.2, 0) is 6.54 Å². The van der Waals surface area contributed by atoms with Crippen LogP contribution in [0.1, 0.15) is 11.3 Å². The van der Waals surface area contributed by atoms with Crippen molar-refractivity contribution in [3.63, 3.8) is 0 Å². The largest absolute Gasteiger partial charge is 0.492 e. The molecule has 0 spiro atoms. The lowest BCUT2D eigenvalue weighted by molar-refractivity contribution is 0.397. The molecular weight excluding hydrogens is 178 g/mol. The highest BCUT2D eigenvalue weighted by molar-refractivity contribution is 5.86. The topological polar surface area (TPSA) is 48.4 Å². The molecule has 0 unspecified atom stereocenters. The van der Waals surface area contributed by atoms with E-state index < -0.39 is 0 Å². The number of furan rings is 1. The first-order valence-corrected chi connectivity index (χ1v) is 4.52. The Bertz CT molecular complexity index is 460. The standard InChI is InChI=1S/C11H13NO2/c1-7-3-4-8-9(5-7)14-10(6-12)11(8)13-2/h3-5H,6,12H2,1-2H3. The number of hydrogen-bond donors (Lipinski definition) is 1. The van der Waals surface area contributed by atoms with E-state index in [1.165, 1.54) is 0 Å². The molecule has 0 radical (unpaired) electrons. The quantitative estimate of drug-likeness (QED) is 0.791. The van der Waals surface area contributed by atoms with Crippen molar-refractivity contribution < 1.29 is 9.15 Å². The van der Waals surface area contributed by atoms with E-state index in [1.807, 2.05) is 25.1 Å². The van der Waals surface area contributed by atoms with Gasteiger partial charge in [-0.05, 0) is 24.6 Å². The molecule has 1 aromatic carbocycles. The van der Waals surface area contributed by atoms with Gasteiger partial charge in [-0.25, -0.2) is 0 Å². The van der Waals surface area contributed by atoms with Crippen LogP contribution in [-0.4, -0.2) is 7.11 Å². The Kier molecular flexibility index (Phi) is 2.17. The van der Waals surface area contributed by atoms with Gasteiger partial charge >= 0.3 is 0 Å². The fraction of sp³-hybridized carbons (Fsp3) is 0.273. The van der Waals surface area contributed by atoms with Crippen LogP contribution in [0.4, 0.5) is 0 Å². The third-order valence-corrected chi connectivity index (χ3v) is 2.26. The minimum Gasteiger partial charge on any atom is -0.492 e. The molecule has 0 atom stereocenters. The summed E-state index contributed by atoms with van der Waals surface area (Å²) in [6.07, 6.45) is 0. The molecule has 0 aliphatic heterocycles. The maximum Gasteiger partial charge on any atom is 0.169 e. The Balaban J connectivity index is 2.73. The van der Waals surface area contributed by atoms with Gasteiger partial charge in [-0.15, -0.1) is 0 Å². The van der Waals surface area contributed by atoms with Crippen LogP contribution in [0.2, 0.25) is 0 Å². The second-order valence-corrected chi connectivity index (χ2v) is 3.26. The number of hydrogen-bond acceptors (Lipinski definition) is 3. The molecule has 0 amide bonds. The molecule has 1 heterocycles. The summed E-state index contributed by atoms with van der Waals surface area (Å²) in [5.74, 6) is 1.45. The predicted octanol–water partition coefficient (Wildman–Crippen LogP) is 2.21. The first kappa shape index (κ1) is 9.09. The van der Waals surface area contributed by atoms with E-state index in [2.05, 4.69) is 0 Å². The maximum absolute atomic E-state index is 5.57. The lowest BCUT2D eigenvalue weighted by Crippen LogP contribution is -1.96. The highest BCUT2D eigenvalue weighted by atomic mass is 16.5. The van der Waals surface area contributed by atoms with Crippen LogP contribution < -0.4 is 10.5 Å². The SMILES string of the molecule is COc1c(CN)oc2cc(C)ccc12. The first-order chi connectivity index (χ1) is 6.76. The van der Waals surface area contributed by atoms with Crippen molar-refractivity contribution in [2.24, 2.45) is 5.73 Å². The van der Waals surface area contributed by atoms with Crippen molar-refractivity contribution in [2.45, 2.75) is 13.5 Å². The number of fused-ring (bicyclic) bond motifs is 1. The Morgan fingerprint density at radius 1 is 1.43 bits per heavy atom. The van der Waals surface area contributed by atoms with Crippen molar-refractivity contribution in [3.8, 4) is 5.75 Å². The molecule has 0 aliphatic carbocycles. The smallest absolute Gasteiger partial charge is 0.169 e. The van der Waals surface area contributed by atoms with Crippen LogP contribution in [0.25, 0.3) is 11.0 Å². The van der Waals surface area contributed by atoms with Gasteiger partial charge in [-0.3, -0.25) is 0 Å². The zero-order valence-electron chi connectivity index (χ0n) is 8.33. The van der Waals surface area contributed by atoms with Gasteiger partial charge in [0.25, 0.3) is 0 Å². The lowest BCUT2D eigenvalue weighted by Gasteiger charge is -1.97. The van der Waals surface area contributed by atoms with Crippen LogP contribution in [0, 0.1) is 6.92 Å². The second kappa shape index (κ2) is 3.35. The molecule has 2 aromatic rings. The zero-order valence-corrected chi connectivity index (χ0v) is 8.33. The van der Waals surface area contributed by atoms with Crippen molar-refractivity contribution in [3.05, 3.63) is 29.5 Å². The van der Waals surface area contributed by atoms with Crippen molar-refractivity contribution in [2.75, 3.05) is 7.11 Å². The van der Waals surface area contributed by atoms with E-state index in [0.717, 1.165) is 22.3 Å². The molecule has 0 saturated carbocycles. The van der Waals surface area contributed by atoms with Crippen molar-refractivity contribution >= 4 is 11.0 Å². The molecular formula is C11H13NO2. The number of rotatable bonds is 2. The zero-order chi connectivity index (χ0) is 10.1. The molecule has 0 fully saturated rings. The van der Waals surface area contributed by atoms with Gasteiger partial charge in [-0.1, -0.05) is 6.07 Å². The predicted molar refractivity (Wildman–Crippen MR) is 55.4 cm³/mol. The van der Waals surface area contributed by atoms with Gasteiger partial charge in [0.05, 0.1) is 19.0 Å². The van der Waals surface area contributed by atoms with Crippen LogP contribution in [0.3, 0.4) is 0 Å². The fourth-order valence-corrected chi connectivity index (χ4v) is 1.59. The monoisotopic (exact) mass is 191 g/mol. The first-order valence-electron chi connectivity index (χ1n) is 4.52. The van der Waals surface area contributed by atoms with E-state index in [0.29, 0.717) is 12.3 Å². The Morgan fingerprint density at radius 2 is 2.21 bits per heavy atom. The molecule has 3 nitrogen and oxygen atoms in total. The van der Waals surface area contributed by atoms with E-state index in [9.17, 15) is 0 Å². The summed E-state index contributed by atoms with van der Waals surface area (Å²) in [6.45, 7) is 2.38. The third-order valence-electron chi connectivity index (χ3n) is 2.26. The van der Waals surface area contributed by atoms with Gasteiger partial charge in [0.15, 0.2) is 11.5 Å². The summed E-state index contributed by atoms with van der Waals surface area (Å²) in [6, 6.07) is 6.00. The van der Waals surface area contributed by atoms with Gasteiger partial charge in [0.1, 0.15) is 5.58 Å². The number of methoxy groups -OCH3 is 1. The lowest BCUT2D eigenvalue weighted by atomic mass is 10.2. The molecule has 74 valence electrons. The average Bonchev–Trinajstić information content (AvgIpc) is 2.54. The van der Waals surface area contributed by atoms with Crippen LogP contribution in [0.15, 0.2) is 22.6 Å². The van der Waals surface area contributed by atoms with Gasteiger partial charge in [-0.2, -0.15) is 0 Å². The molecule has 0 aliphatic rings. The van der Waals surface area contributed by atoms with Gasteiger partial charge < -0.3 is 14.9 Å². The number of ether oxygens (including phenoxy) is 1. The molecule has 2 N–H and O–H groups in total. The van der Waals surface area contributed by atoms with Crippen LogP contribution in [0.5, 0.6) is 5.75 Å². The highest BCUT2D eigenvalue weighted by Crippen LogP contribution is 2.32. The minimum atomic E-state index is 0.358. The van der Waals surface area contributed by atoms with Gasteiger partial charge in [0.2, 0.25) is 0 Å². The maximum atomic E-state index is 5.57. The summed E-state index contributed by atoms with van der Waals surface area (Å²) in [5.41, 5.74) is 7.55. The number of nitrogens with two attached hydrogens (primary N) is 1. The average molecular weight is 191 g/mol. The Labute approximate surface area is 82.5 Å². The Hall–Kier alpha value is -1.48. The summed E-state index contributed by atoms with van der Waals surface area (Å²) < 4.78 is 10.8. The normalized spacial score (nSPS) is 10.8. The molecule has 14 heavy (non-hydrogen) atoms. The van der Waals surface area contributed by atoms with Gasteiger partial charge in [0, 0.05) is 0 Å².